The van der Waals surface area contributed by atoms with Gasteiger partial charge in [0.15, 0.2) is 5.11 Å². The van der Waals surface area contributed by atoms with Gasteiger partial charge in [-0.1, -0.05) is 0 Å². The maximum absolute atomic E-state index is 11.6. The Balaban J connectivity index is 1.81. The zero-order valence-corrected chi connectivity index (χ0v) is 16.0. The monoisotopic (exact) mass is 399 g/mol. The van der Waals surface area contributed by atoms with E-state index in [0.717, 1.165) is 10.9 Å². The molecule has 0 saturated heterocycles. The molecule has 8 nitrogen and oxygen atoms in total. The third-order valence-electron chi connectivity index (χ3n) is 3.93. The lowest BCUT2D eigenvalue weighted by Crippen LogP contribution is -2.19. The average Bonchev–Trinajstić information content (AvgIpc) is 2.62. The molecule has 0 saturated carbocycles. The average molecular weight is 399 g/mol. The molecule has 0 amide bonds. The van der Waals surface area contributed by atoms with Crippen LogP contribution in [0, 0.1) is 17.0 Å². The number of hydrogen-bond donors (Lipinski definition) is 2. The number of benzene rings is 2. The number of fused-ring (bicyclic) bond motifs is 1. The number of ether oxygens (including phenoxy) is 1. The number of nitro benzene ring substituents is 1. The van der Waals surface area contributed by atoms with Gasteiger partial charge in [0.1, 0.15) is 17.0 Å². The molecule has 2 N–H and O–H groups in total. The Morgan fingerprint density at radius 1 is 1.21 bits per heavy atom. The summed E-state index contributed by atoms with van der Waals surface area (Å²) in [7, 11) is 0. The lowest BCUT2D eigenvalue weighted by atomic mass is 10.1. The molecule has 0 aliphatic rings. The Labute approximate surface area is 165 Å². The third-order valence-corrected chi connectivity index (χ3v) is 4.14. The van der Waals surface area contributed by atoms with Gasteiger partial charge in [-0.15, -0.1) is 0 Å². The Kier molecular flexibility index (Phi) is 5.55. The smallest absolute Gasteiger partial charge is 0.336 e. The summed E-state index contributed by atoms with van der Waals surface area (Å²) in [5.41, 5.74) is 1.44. The Morgan fingerprint density at radius 3 is 2.71 bits per heavy atom. The van der Waals surface area contributed by atoms with Crippen molar-refractivity contribution in [3.63, 3.8) is 0 Å². The van der Waals surface area contributed by atoms with Crippen LogP contribution in [0.5, 0.6) is 5.75 Å². The van der Waals surface area contributed by atoms with E-state index in [-0.39, 0.29) is 16.5 Å². The van der Waals surface area contributed by atoms with E-state index in [2.05, 4.69) is 10.6 Å². The Morgan fingerprint density at radius 2 is 2.00 bits per heavy atom. The minimum atomic E-state index is -0.513. The number of hydrogen-bond acceptors (Lipinski definition) is 6. The molecule has 28 heavy (non-hydrogen) atoms. The number of nitro groups is 1. The fourth-order valence-electron chi connectivity index (χ4n) is 2.71. The number of nitrogens with zero attached hydrogens (tertiary/aromatic N) is 1. The molecule has 0 atom stereocenters. The Hall–Kier alpha value is -3.46. The van der Waals surface area contributed by atoms with Crippen LogP contribution in [0.15, 0.2) is 51.7 Å². The van der Waals surface area contributed by atoms with Crippen LogP contribution in [0.4, 0.5) is 17.1 Å². The zero-order chi connectivity index (χ0) is 20.3. The number of rotatable bonds is 5. The van der Waals surface area contributed by atoms with Gasteiger partial charge in [-0.3, -0.25) is 10.1 Å². The van der Waals surface area contributed by atoms with Gasteiger partial charge < -0.3 is 19.8 Å². The van der Waals surface area contributed by atoms with Crippen LogP contribution in [0.2, 0.25) is 0 Å². The summed E-state index contributed by atoms with van der Waals surface area (Å²) in [5.74, 6) is 0.401. The first kappa shape index (κ1) is 19.3. The number of nitrogens with one attached hydrogen (secondary N) is 2. The first-order valence-electron chi connectivity index (χ1n) is 8.41. The van der Waals surface area contributed by atoms with E-state index in [4.69, 9.17) is 21.4 Å². The number of thiocarbonyl (C=S) groups is 1. The highest BCUT2D eigenvalue weighted by Gasteiger charge is 2.16. The van der Waals surface area contributed by atoms with Gasteiger partial charge in [-0.2, -0.15) is 0 Å². The van der Waals surface area contributed by atoms with Gasteiger partial charge in [-0.05, 0) is 55.9 Å². The summed E-state index contributed by atoms with van der Waals surface area (Å²) in [4.78, 5) is 22.4. The van der Waals surface area contributed by atoms with Crippen molar-refractivity contribution in [3.05, 3.63) is 68.6 Å². The van der Waals surface area contributed by atoms with Crippen LogP contribution in [-0.4, -0.2) is 16.6 Å². The first-order valence-corrected chi connectivity index (χ1v) is 8.82. The predicted molar refractivity (Wildman–Crippen MR) is 111 cm³/mol. The molecule has 0 unspecified atom stereocenters. The van der Waals surface area contributed by atoms with Crippen molar-refractivity contribution in [2.75, 3.05) is 17.2 Å². The highest BCUT2D eigenvalue weighted by Crippen LogP contribution is 2.29. The van der Waals surface area contributed by atoms with E-state index in [1.54, 1.807) is 31.2 Å². The second-order valence-corrected chi connectivity index (χ2v) is 6.32. The van der Waals surface area contributed by atoms with Gasteiger partial charge in [0, 0.05) is 23.2 Å². The van der Waals surface area contributed by atoms with Gasteiger partial charge in [0.2, 0.25) is 0 Å². The molecule has 0 spiro atoms. The summed E-state index contributed by atoms with van der Waals surface area (Å²) in [6.45, 7) is 4.02. The molecule has 3 rings (SSSR count). The van der Waals surface area contributed by atoms with Gasteiger partial charge in [0.25, 0.3) is 5.69 Å². The van der Waals surface area contributed by atoms with Crippen LogP contribution >= 0.6 is 12.2 Å². The highest BCUT2D eigenvalue weighted by atomic mass is 32.1. The quantitative estimate of drug-likeness (QED) is 0.284. The number of anilines is 2. The molecular formula is C19H17N3O5S. The molecule has 9 heteroatoms. The predicted octanol–water partition coefficient (Wildman–Crippen LogP) is 4.22. The maximum atomic E-state index is 11.6. The van der Waals surface area contributed by atoms with Gasteiger partial charge in [0.05, 0.1) is 17.6 Å². The minimum Gasteiger partial charge on any atom is -0.494 e. The van der Waals surface area contributed by atoms with Gasteiger partial charge >= 0.3 is 5.63 Å². The molecular weight excluding hydrogens is 382 g/mol. The van der Waals surface area contributed by atoms with E-state index >= 15 is 0 Å². The largest absolute Gasteiger partial charge is 0.494 e. The molecule has 0 bridgehead atoms. The summed E-state index contributed by atoms with van der Waals surface area (Å²) in [6.07, 6.45) is 0. The molecule has 0 aliphatic heterocycles. The summed E-state index contributed by atoms with van der Waals surface area (Å²) in [5, 5.41) is 18.0. The molecule has 0 radical (unpaired) electrons. The van der Waals surface area contributed by atoms with E-state index in [9.17, 15) is 14.9 Å². The molecule has 3 aromatic rings. The minimum absolute atomic E-state index is 0.154. The number of aryl methyl sites for hydroxylation is 1. The van der Waals surface area contributed by atoms with Crippen molar-refractivity contribution in [2.24, 2.45) is 0 Å². The van der Waals surface area contributed by atoms with Crippen molar-refractivity contribution in [1.82, 2.24) is 0 Å². The van der Waals surface area contributed by atoms with Crippen LogP contribution in [0.25, 0.3) is 11.0 Å². The normalized spacial score (nSPS) is 10.5. The lowest BCUT2D eigenvalue weighted by molar-refractivity contribution is -0.384. The summed E-state index contributed by atoms with van der Waals surface area (Å²) < 4.78 is 10.5. The molecule has 1 aromatic heterocycles. The van der Waals surface area contributed by atoms with E-state index in [0.29, 0.717) is 23.6 Å². The second kappa shape index (κ2) is 8.05. The van der Waals surface area contributed by atoms with Crippen LogP contribution in [0.1, 0.15) is 12.5 Å². The summed E-state index contributed by atoms with van der Waals surface area (Å²) in [6, 6.07) is 11.1. The van der Waals surface area contributed by atoms with Crippen molar-refractivity contribution in [1.29, 1.82) is 0 Å². The molecule has 1 heterocycles. The fourth-order valence-corrected chi connectivity index (χ4v) is 2.94. The van der Waals surface area contributed by atoms with Crippen molar-refractivity contribution >= 4 is 45.4 Å². The van der Waals surface area contributed by atoms with E-state index in [1.807, 2.05) is 6.92 Å². The summed E-state index contributed by atoms with van der Waals surface area (Å²) >= 11 is 5.25. The zero-order valence-electron chi connectivity index (χ0n) is 15.1. The van der Waals surface area contributed by atoms with E-state index < -0.39 is 10.5 Å². The van der Waals surface area contributed by atoms with Crippen molar-refractivity contribution < 1.29 is 14.1 Å². The molecule has 0 aliphatic carbocycles. The fraction of sp³-hybridized carbons (Fsp3) is 0.158. The molecule has 2 aromatic carbocycles. The Bertz CT molecular complexity index is 1130. The van der Waals surface area contributed by atoms with Gasteiger partial charge in [-0.25, -0.2) is 4.79 Å². The van der Waals surface area contributed by atoms with Crippen LogP contribution in [0.3, 0.4) is 0 Å². The maximum Gasteiger partial charge on any atom is 0.336 e. The third kappa shape index (κ3) is 4.26. The lowest BCUT2D eigenvalue weighted by Gasteiger charge is -2.12. The topological polar surface area (TPSA) is 107 Å². The van der Waals surface area contributed by atoms with Crippen molar-refractivity contribution in [3.8, 4) is 5.75 Å². The van der Waals surface area contributed by atoms with Crippen LogP contribution < -0.4 is 21.0 Å². The van der Waals surface area contributed by atoms with Crippen molar-refractivity contribution in [2.45, 2.75) is 13.8 Å². The SMILES string of the molecule is CCOc1ccc(NC(=S)Nc2ccc3c(C)cc(=O)oc3c2)c([N+](=O)[O-])c1. The molecule has 144 valence electrons. The van der Waals surface area contributed by atoms with Crippen LogP contribution in [-0.2, 0) is 0 Å². The van der Waals surface area contributed by atoms with E-state index in [1.165, 1.54) is 18.2 Å². The first-order chi connectivity index (χ1) is 13.4. The highest BCUT2D eigenvalue weighted by molar-refractivity contribution is 7.80. The standard InChI is InChI=1S/C19H17N3O5S/c1-3-26-13-5-7-15(16(10-13)22(24)25)21-19(28)20-12-4-6-14-11(2)8-18(23)27-17(14)9-12/h4-10H,3H2,1-2H3,(H2,20,21,28). The molecule has 0 fully saturated rings. The second-order valence-electron chi connectivity index (χ2n) is 5.91.